The fraction of sp³-hybridized carbons (Fsp3) is 0.417. The van der Waals surface area contributed by atoms with E-state index in [1.54, 1.807) is 0 Å². The highest BCUT2D eigenvalue weighted by Crippen LogP contribution is 2.18. The van der Waals surface area contributed by atoms with Crippen LogP contribution in [0.5, 0.6) is 0 Å². The van der Waals surface area contributed by atoms with Crippen LogP contribution in [0.4, 0.5) is 0 Å². The maximum Gasteiger partial charge on any atom is 0.223 e. The first-order valence-electron chi connectivity index (χ1n) is 10.3. The van der Waals surface area contributed by atoms with E-state index in [1.807, 2.05) is 23.1 Å². The van der Waals surface area contributed by atoms with Crippen molar-refractivity contribution in [2.45, 2.75) is 39.0 Å². The molecule has 1 fully saturated rings. The summed E-state index contributed by atoms with van der Waals surface area (Å²) in [6.07, 6.45) is 3.68. The van der Waals surface area contributed by atoms with Crippen molar-refractivity contribution in [3.05, 3.63) is 71.3 Å². The highest BCUT2D eigenvalue weighted by Gasteiger charge is 2.26. The molecule has 1 saturated heterocycles. The lowest BCUT2D eigenvalue weighted by molar-refractivity contribution is -0.135. The van der Waals surface area contributed by atoms with Gasteiger partial charge in [-0.2, -0.15) is 0 Å². The van der Waals surface area contributed by atoms with E-state index in [0.717, 1.165) is 25.7 Å². The molecule has 2 aromatic rings. The van der Waals surface area contributed by atoms with Gasteiger partial charge in [0.1, 0.15) is 0 Å². The molecule has 0 aromatic heterocycles. The second-order valence-corrected chi connectivity index (χ2v) is 7.67. The number of nitrogens with one attached hydrogen (secondary N) is 1. The molecule has 0 aliphatic carbocycles. The van der Waals surface area contributed by atoms with E-state index in [2.05, 4.69) is 48.6 Å². The molecule has 1 aliphatic heterocycles. The molecule has 1 N–H and O–H groups in total. The fourth-order valence-electron chi connectivity index (χ4n) is 3.79. The number of nitrogens with zero attached hydrogens (tertiary/aromatic N) is 1. The summed E-state index contributed by atoms with van der Waals surface area (Å²) in [6, 6.07) is 18.5. The highest BCUT2D eigenvalue weighted by atomic mass is 16.2. The number of likely N-dealkylation sites (tertiary alicyclic amines) is 1. The zero-order valence-electron chi connectivity index (χ0n) is 16.7. The Morgan fingerprint density at radius 3 is 2.39 bits per heavy atom. The first kappa shape index (κ1) is 20.1. The number of carbonyl (C=O) groups is 2. The average molecular weight is 379 g/mol. The second kappa shape index (κ2) is 10.1. The molecule has 4 heteroatoms. The summed E-state index contributed by atoms with van der Waals surface area (Å²) in [4.78, 5) is 26.8. The molecular weight excluding hydrogens is 348 g/mol. The van der Waals surface area contributed by atoms with Crippen molar-refractivity contribution in [1.29, 1.82) is 0 Å². The molecule has 0 radical (unpaired) electrons. The summed E-state index contributed by atoms with van der Waals surface area (Å²) < 4.78 is 0. The van der Waals surface area contributed by atoms with Crippen molar-refractivity contribution < 1.29 is 9.59 Å². The number of hydrogen-bond donors (Lipinski definition) is 1. The molecule has 0 spiro atoms. The van der Waals surface area contributed by atoms with Gasteiger partial charge in [-0.3, -0.25) is 9.59 Å². The molecule has 2 amide bonds. The smallest absolute Gasteiger partial charge is 0.223 e. The minimum atomic E-state index is 0.0238. The third kappa shape index (κ3) is 5.95. The standard InChI is InChI=1S/C24H30N2O2/c1-19-6-5-9-21(18-19)12-15-25-24(28)22-13-16-26(17-14-22)23(27)11-10-20-7-3-2-4-8-20/h2-9,18,22H,10-17H2,1H3,(H,25,28). The molecule has 0 bridgehead atoms. The minimum Gasteiger partial charge on any atom is -0.356 e. The van der Waals surface area contributed by atoms with Gasteiger partial charge in [0.25, 0.3) is 0 Å². The number of amides is 2. The molecule has 3 rings (SSSR count). The van der Waals surface area contributed by atoms with Gasteiger partial charge in [-0.1, -0.05) is 60.2 Å². The van der Waals surface area contributed by atoms with Gasteiger partial charge in [0, 0.05) is 32.0 Å². The van der Waals surface area contributed by atoms with Crippen LogP contribution in [0.3, 0.4) is 0 Å². The summed E-state index contributed by atoms with van der Waals surface area (Å²) in [5.41, 5.74) is 3.69. The van der Waals surface area contributed by atoms with Crippen molar-refractivity contribution in [3.63, 3.8) is 0 Å². The third-order valence-electron chi connectivity index (χ3n) is 5.48. The van der Waals surface area contributed by atoms with Gasteiger partial charge < -0.3 is 10.2 Å². The van der Waals surface area contributed by atoms with Gasteiger partial charge >= 0.3 is 0 Å². The highest BCUT2D eigenvalue weighted by molar-refractivity contribution is 5.80. The van der Waals surface area contributed by atoms with Crippen LogP contribution < -0.4 is 5.32 Å². The number of carbonyl (C=O) groups excluding carboxylic acids is 2. The Bertz CT molecular complexity index is 780. The lowest BCUT2D eigenvalue weighted by atomic mass is 9.95. The zero-order valence-corrected chi connectivity index (χ0v) is 16.7. The average Bonchev–Trinajstić information content (AvgIpc) is 2.73. The lowest BCUT2D eigenvalue weighted by Gasteiger charge is -2.31. The summed E-state index contributed by atoms with van der Waals surface area (Å²) in [7, 11) is 0. The monoisotopic (exact) mass is 378 g/mol. The van der Waals surface area contributed by atoms with Crippen LogP contribution in [-0.4, -0.2) is 36.3 Å². The number of rotatable bonds is 7. The molecule has 0 unspecified atom stereocenters. The molecule has 1 aliphatic rings. The number of piperidine rings is 1. The summed E-state index contributed by atoms with van der Waals surface area (Å²) in [5.74, 6) is 0.349. The van der Waals surface area contributed by atoms with Crippen LogP contribution >= 0.6 is 0 Å². The fourth-order valence-corrected chi connectivity index (χ4v) is 3.79. The SMILES string of the molecule is Cc1cccc(CCNC(=O)C2CCN(C(=O)CCc3ccccc3)CC2)c1. The molecule has 1 heterocycles. The number of aryl methyl sites for hydroxylation is 2. The van der Waals surface area contributed by atoms with E-state index in [4.69, 9.17) is 0 Å². The topological polar surface area (TPSA) is 49.4 Å². The Kier molecular flexibility index (Phi) is 7.24. The van der Waals surface area contributed by atoms with Crippen molar-refractivity contribution in [2.24, 2.45) is 5.92 Å². The Hall–Kier alpha value is -2.62. The normalized spacial score (nSPS) is 14.7. The molecule has 4 nitrogen and oxygen atoms in total. The zero-order chi connectivity index (χ0) is 19.8. The predicted molar refractivity (Wildman–Crippen MR) is 112 cm³/mol. The van der Waals surface area contributed by atoms with Crippen molar-refractivity contribution >= 4 is 11.8 Å². The van der Waals surface area contributed by atoms with Gasteiger partial charge in [-0.25, -0.2) is 0 Å². The summed E-state index contributed by atoms with van der Waals surface area (Å²) in [6.45, 7) is 4.11. The minimum absolute atomic E-state index is 0.0238. The molecule has 28 heavy (non-hydrogen) atoms. The molecule has 2 aromatic carbocycles. The summed E-state index contributed by atoms with van der Waals surface area (Å²) in [5, 5.41) is 3.07. The van der Waals surface area contributed by atoms with Crippen molar-refractivity contribution in [1.82, 2.24) is 10.2 Å². The van der Waals surface area contributed by atoms with Crippen LogP contribution in [0, 0.1) is 12.8 Å². The first-order chi connectivity index (χ1) is 13.6. The maximum absolute atomic E-state index is 12.4. The van der Waals surface area contributed by atoms with Crippen molar-refractivity contribution in [3.8, 4) is 0 Å². The maximum atomic E-state index is 12.4. The van der Waals surface area contributed by atoms with E-state index < -0.39 is 0 Å². The van der Waals surface area contributed by atoms with Crippen LogP contribution in [0.25, 0.3) is 0 Å². The number of hydrogen-bond acceptors (Lipinski definition) is 2. The van der Waals surface area contributed by atoms with Crippen LogP contribution in [0.2, 0.25) is 0 Å². The van der Waals surface area contributed by atoms with Gasteiger partial charge in [0.2, 0.25) is 11.8 Å². The Labute approximate surface area is 167 Å². The van der Waals surface area contributed by atoms with E-state index in [9.17, 15) is 9.59 Å². The van der Waals surface area contributed by atoms with Gasteiger partial charge in [0.05, 0.1) is 0 Å². The Balaban J connectivity index is 1.35. The van der Waals surface area contributed by atoms with E-state index in [1.165, 1.54) is 16.7 Å². The first-order valence-corrected chi connectivity index (χ1v) is 10.3. The van der Waals surface area contributed by atoms with E-state index in [-0.39, 0.29) is 17.7 Å². The number of benzene rings is 2. The van der Waals surface area contributed by atoms with E-state index >= 15 is 0 Å². The Morgan fingerprint density at radius 1 is 0.964 bits per heavy atom. The van der Waals surface area contributed by atoms with Gasteiger partial charge in [0.15, 0.2) is 0 Å². The molecule has 148 valence electrons. The largest absolute Gasteiger partial charge is 0.356 e. The third-order valence-corrected chi connectivity index (χ3v) is 5.48. The molecule has 0 saturated carbocycles. The van der Waals surface area contributed by atoms with Crippen LogP contribution in [0.15, 0.2) is 54.6 Å². The predicted octanol–water partition coefficient (Wildman–Crippen LogP) is 3.53. The second-order valence-electron chi connectivity index (χ2n) is 7.67. The summed E-state index contributed by atoms with van der Waals surface area (Å²) >= 11 is 0. The quantitative estimate of drug-likeness (QED) is 0.801. The lowest BCUT2D eigenvalue weighted by Crippen LogP contribution is -2.43. The van der Waals surface area contributed by atoms with Crippen molar-refractivity contribution in [2.75, 3.05) is 19.6 Å². The van der Waals surface area contributed by atoms with Crippen LogP contribution in [-0.2, 0) is 22.4 Å². The van der Waals surface area contributed by atoms with Gasteiger partial charge in [-0.15, -0.1) is 0 Å². The van der Waals surface area contributed by atoms with Gasteiger partial charge in [-0.05, 0) is 43.7 Å². The molecular formula is C24H30N2O2. The van der Waals surface area contributed by atoms with Crippen LogP contribution in [0.1, 0.15) is 36.0 Å². The molecule has 0 atom stereocenters. The Morgan fingerprint density at radius 2 is 1.68 bits per heavy atom. The van der Waals surface area contributed by atoms with E-state index in [0.29, 0.717) is 26.1 Å².